The standard InChI is InChI=1S/C29H32Cl2FN3O4S/c1-19-13-15-22(16-14-19)40(38,39)35(25-12-8-10-23(30)27(25)31)18-26(36)34(17-21-9-6-7-11-24(21)32)20(2)28(37)33-29(3,4)5/h6-16,20H,17-18H2,1-5H3,(H,33,37)/t20-/m0/s1. The Labute approximate surface area is 244 Å². The molecule has 1 atom stereocenters. The number of carbonyl (C=O) groups excluding carboxylic acids is 2. The lowest BCUT2D eigenvalue weighted by Gasteiger charge is -2.33. The second-order valence-electron chi connectivity index (χ2n) is 10.4. The highest BCUT2D eigenvalue weighted by Crippen LogP contribution is 2.35. The molecule has 3 aromatic rings. The molecule has 0 fully saturated rings. The lowest BCUT2D eigenvalue weighted by molar-refractivity contribution is -0.140. The predicted molar refractivity (Wildman–Crippen MR) is 156 cm³/mol. The molecular formula is C29H32Cl2FN3O4S. The van der Waals surface area contributed by atoms with Crippen molar-refractivity contribution in [1.29, 1.82) is 0 Å². The number of benzene rings is 3. The summed E-state index contributed by atoms with van der Waals surface area (Å²) in [6.45, 7) is 7.69. The maximum absolute atomic E-state index is 14.6. The zero-order chi connectivity index (χ0) is 29.8. The minimum absolute atomic E-state index is 0.0132. The molecule has 0 unspecified atom stereocenters. The number of sulfonamides is 1. The number of nitrogens with zero attached hydrogens (tertiary/aromatic N) is 2. The third kappa shape index (κ3) is 7.53. The Kier molecular flexibility index (Phi) is 9.87. The first kappa shape index (κ1) is 31.4. The Morgan fingerprint density at radius 2 is 1.60 bits per heavy atom. The van der Waals surface area contributed by atoms with Gasteiger partial charge in [-0.2, -0.15) is 0 Å². The Bertz CT molecular complexity index is 1490. The third-order valence-corrected chi connectivity index (χ3v) is 8.63. The molecule has 40 heavy (non-hydrogen) atoms. The first-order chi connectivity index (χ1) is 18.6. The second kappa shape index (κ2) is 12.6. The van der Waals surface area contributed by atoms with Crippen molar-refractivity contribution in [2.75, 3.05) is 10.8 Å². The van der Waals surface area contributed by atoms with Gasteiger partial charge in [0.05, 0.1) is 20.6 Å². The number of halogens is 3. The monoisotopic (exact) mass is 607 g/mol. The fourth-order valence-corrected chi connectivity index (χ4v) is 5.78. The maximum atomic E-state index is 14.6. The second-order valence-corrected chi connectivity index (χ2v) is 13.1. The van der Waals surface area contributed by atoms with Gasteiger partial charge in [0.1, 0.15) is 18.4 Å². The zero-order valence-electron chi connectivity index (χ0n) is 22.9. The summed E-state index contributed by atoms with van der Waals surface area (Å²) < 4.78 is 43.3. The van der Waals surface area contributed by atoms with E-state index in [1.54, 1.807) is 39.0 Å². The van der Waals surface area contributed by atoms with Crippen molar-refractivity contribution in [3.63, 3.8) is 0 Å². The molecule has 0 bridgehead atoms. The summed E-state index contributed by atoms with van der Waals surface area (Å²) in [5.74, 6) is -1.79. The Morgan fingerprint density at radius 3 is 2.20 bits per heavy atom. The molecule has 0 heterocycles. The number of rotatable bonds is 9. The van der Waals surface area contributed by atoms with Gasteiger partial charge >= 0.3 is 0 Å². The van der Waals surface area contributed by atoms with Crippen molar-refractivity contribution in [3.8, 4) is 0 Å². The number of nitrogens with one attached hydrogen (secondary N) is 1. The van der Waals surface area contributed by atoms with Gasteiger partial charge in [-0.05, 0) is 65.0 Å². The first-order valence-corrected chi connectivity index (χ1v) is 14.7. The van der Waals surface area contributed by atoms with Crippen molar-refractivity contribution < 1.29 is 22.4 Å². The summed E-state index contributed by atoms with van der Waals surface area (Å²) in [4.78, 5) is 28.1. The lowest BCUT2D eigenvalue weighted by Crippen LogP contribution is -2.54. The van der Waals surface area contributed by atoms with Gasteiger partial charge in [-0.25, -0.2) is 12.8 Å². The van der Waals surface area contributed by atoms with Gasteiger partial charge < -0.3 is 10.2 Å². The van der Waals surface area contributed by atoms with E-state index in [0.717, 1.165) is 14.8 Å². The van der Waals surface area contributed by atoms with Crippen LogP contribution in [0.15, 0.2) is 71.6 Å². The van der Waals surface area contributed by atoms with Gasteiger partial charge in [0.25, 0.3) is 10.0 Å². The molecule has 0 spiro atoms. The molecular weight excluding hydrogens is 576 g/mol. The van der Waals surface area contributed by atoms with E-state index in [9.17, 15) is 22.4 Å². The smallest absolute Gasteiger partial charge is 0.264 e. The molecule has 3 rings (SSSR count). The SMILES string of the molecule is Cc1ccc(S(=O)(=O)N(CC(=O)N(Cc2ccccc2F)[C@@H](C)C(=O)NC(C)(C)C)c2cccc(Cl)c2Cl)cc1. The molecule has 0 radical (unpaired) electrons. The van der Waals surface area contributed by atoms with E-state index in [-0.39, 0.29) is 32.7 Å². The van der Waals surface area contributed by atoms with Crippen LogP contribution < -0.4 is 9.62 Å². The van der Waals surface area contributed by atoms with Crippen LogP contribution in [0, 0.1) is 12.7 Å². The average Bonchev–Trinajstić information content (AvgIpc) is 2.87. The highest BCUT2D eigenvalue weighted by atomic mass is 35.5. The topological polar surface area (TPSA) is 86.8 Å². The molecule has 3 aromatic carbocycles. The summed E-state index contributed by atoms with van der Waals surface area (Å²) >= 11 is 12.6. The number of carbonyl (C=O) groups is 2. The maximum Gasteiger partial charge on any atom is 0.264 e. The van der Waals surface area contributed by atoms with Gasteiger partial charge in [0, 0.05) is 17.6 Å². The molecule has 0 aliphatic heterocycles. The minimum atomic E-state index is -4.33. The molecule has 2 amide bonds. The number of amides is 2. The third-order valence-electron chi connectivity index (χ3n) is 6.05. The summed E-state index contributed by atoms with van der Waals surface area (Å²) in [6, 6.07) is 15.4. The molecule has 214 valence electrons. The number of aryl methyl sites for hydroxylation is 1. The molecule has 11 heteroatoms. The van der Waals surface area contributed by atoms with Crippen molar-refractivity contribution in [1.82, 2.24) is 10.2 Å². The quantitative estimate of drug-likeness (QED) is 0.325. The van der Waals surface area contributed by atoms with Crippen molar-refractivity contribution in [2.24, 2.45) is 0 Å². The van der Waals surface area contributed by atoms with Crippen LogP contribution in [0.3, 0.4) is 0 Å². The Hall–Kier alpha value is -3.14. The molecule has 0 aromatic heterocycles. The van der Waals surface area contributed by atoms with Gasteiger partial charge in [-0.15, -0.1) is 0 Å². The van der Waals surface area contributed by atoms with Gasteiger partial charge in [0.15, 0.2) is 0 Å². The molecule has 7 nitrogen and oxygen atoms in total. The van der Waals surface area contributed by atoms with Crippen LogP contribution in [0.5, 0.6) is 0 Å². The van der Waals surface area contributed by atoms with Crippen LogP contribution in [0.4, 0.5) is 10.1 Å². The molecule has 0 aliphatic carbocycles. The fourth-order valence-electron chi connectivity index (χ4n) is 3.90. The summed E-state index contributed by atoms with van der Waals surface area (Å²) in [6.07, 6.45) is 0. The van der Waals surface area contributed by atoms with Crippen LogP contribution in [0.1, 0.15) is 38.8 Å². The van der Waals surface area contributed by atoms with E-state index < -0.39 is 45.8 Å². The van der Waals surface area contributed by atoms with Crippen LogP contribution >= 0.6 is 23.2 Å². The van der Waals surface area contributed by atoms with E-state index >= 15 is 0 Å². The van der Waals surface area contributed by atoms with Crippen molar-refractivity contribution >= 4 is 50.7 Å². The van der Waals surface area contributed by atoms with Gasteiger partial charge in [-0.3, -0.25) is 13.9 Å². The molecule has 1 N–H and O–H groups in total. The van der Waals surface area contributed by atoms with E-state index in [1.165, 1.54) is 55.5 Å². The van der Waals surface area contributed by atoms with Gasteiger partial charge in [-0.1, -0.05) is 65.2 Å². The lowest BCUT2D eigenvalue weighted by atomic mass is 10.1. The first-order valence-electron chi connectivity index (χ1n) is 12.5. The zero-order valence-corrected chi connectivity index (χ0v) is 25.2. The largest absolute Gasteiger partial charge is 0.350 e. The van der Waals surface area contributed by atoms with Crippen LogP contribution in [0.25, 0.3) is 0 Å². The fraction of sp³-hybridized carbons (Fsp3) is 0.310. The molecule has 0 aliphatic rings. The average molecular weight is 609 g/mol. The number of hydrogen-bond donors (Lipinski definition) is 1. The highest BCUT2D eigenvalue weighted by Gasteiger charge is 2.34. The Balaban J connectivity index is 2.09. The molecule has 0 saturated carbocycles. The summed E-state index contributed by atoms with van der Waals surface area (Å²) in [5.41, 5.74) is 0.394. The number of anilines is 1. The van der Waals surface area contributed by atoms with Crippen LogP contribution in [-0.2, 0) is 26.2 Å². The van der Waals surface area contributed by atoms with Crippen LogP contribution in [0.2, 0.25) is 10.0 Å². The van der Waals surface area contributed by atoms with Gasteiger partial charge in [0.2, 0.25) is 11.8 Å². The predicted octanol–water partition coefficient (Wildman–Crippen LogP) is 5.97. The van der Waals surface area contributed by atoms with E-state index in [0.29, 0.717) is 0 Å². The van der Waals surface area contributed by atoms with E-state index in [4.69, 9.17) is 23.2 Å². The van der Waals surface area contributed by atoms with Crippen LogP contribution in [-0.4, -0.2) is 43.3 Å². The Morgan fingerprint density at radius 1 is 0.975 bits per heavy atom. The molecule has 0 saturated heterocycles. The highest BCUT2D eigenvalue weighted by molar-refractivity contribution is 7.92. The van der Waals surface area contributed by atoms with E-state index in [2.05, 4.69) is 5.32 Å². The summed E-state index contributed by atoms with van der Waals surface area (Å²) in [7, 11) is -4.33. The number of hydrogen-bond acceptors (Lipinski definition) is 4. The summed E-state index contributed by atoms with van der Waals surface area (Å²) in [5, 5.41) is 2.85. The van der Waals surface area contributed by atoms with Crippen molar-refractivity contribution in [3.05, 3.63) is 93.7 Å². The normalized spacial score (nSPS) is 12.5. The van der Waals surface area contributed by atoms with Crippen molar-refractivity contribution in [2.45, 2.75) is 57.6 Å². The minimum Gasteiger partial charge on any atom is -0.350 e. The van der Waals surface area contributed by atoms with E-state index in [1.807, 2.05) is 6.92 Å².